The van der Waals surface area contributed by atoms with Crippen LogP contribution in [0, 0.1) is 0 Å². The molecular weight excluding hydrogens is 252 g/mol. The average molecular weight is 276 g/mol. The van der Waals surface area contributed by atoms with E-state index >= 15 is 0 Å². The molecule has 1 amide bonds. The number of rotatable bonds is 5. The summed E-state index contributed by atoms with van der Waals surface area (Å²) in [7, 11) is -2.98. The van der Waals surface area contributed by atoms with E-state index in [1.54, 1.807) is 4.90 Å². The molecule has 0 aromatic rings. The molecule has 106 valence electrons. The maximum atomic E-state index is 12.5. The van der Waals surface area contributed by atoms with Gasteiger partial charge in [0.15, 0.2) is 9.84 Å². The normalized spacial score (nSPS) is 23.0. The first-order chi connectivity index (χ1) is 8.29. The quantitative estimate of drug-likeness (QED) is 0.794. The molecule has 1 fully saturated rings. The molecule has 1 unspecified atom stereocenters. The van der Waals surface area contributed by atoms with Crippen LogP contribution in [0.3, 0.4) is 0 Å². The van der Waals surface area contributed by atoms with Crippen molar-refractivity contribution < 1.29 is 13.2 Å². The van der Waals surface area contributed by atoms with Crippen LogP contribution in [0.2, 0.25) is 0 Å². The zero-order valence-electron chi connectivity index (χ0n) is 11.5. The van der Waals surface area contributed by atoms with Crippen LogP contribution in [0.5, 0.6) is 0 Å². The van der Waals surface area contributed by atoms with Gasteiger partial charge in [-0.3, -0.25) is 4.79 Å². The molecule has 1 aliphatic rings. The summed E-state index contributed by atoms with van der Waals surface area (Å²) in [6.07, 6.45) is 1.67. The number of hydrogen-bond donors (Lipinski definition) is 1. The monoisotopic (exact) mass is 276 g/mol. The van der Waals surface area contributed by atoms with Crippen molar-refractivity contribution in [1.82, 2.24) is 4.90 Å². The molecular formula is C12H24N2O3S. The summed E-state index contributed by atoms with van der Waals surface area (Å²) in [5.74, 6) is 0.144. The van der Waals surface area contributed by atoms with E-state index in [1.165, 1.54) is 0 Å². The van der Waals surface area contributed by atoms with Crippen molar-refractivity contribution in [3.8, 4) is 0 Å². The minimum Gasteiger partial charge on any atom is -0.337 e. The van der Waals surface area contributed by atoms with Crippen LogP contribution in [0.1, 0.15) is 40.0 Å². The Balaban J connectivity index is 2.88. The molecule has 1 aliphatic heterocycles. The Morgan fingerprint density at radius 1 is 1.33 bits per heavy atom. The van der Waals surface area contributed by atoms with Crippen molar-refractivity contribution in [3.05, 3.63) is 0 Å². The molecule has 1 rings (SSSR count). The lowest BCUT2D eigenvalue weighted by molar-refractivity contribution is -0.139. The maximum Gasteiger partial charge on any atom is 0.242 e. The second-order valence-electron chi connectivity index (χ2n) is 5.01. The highest BCUT2D eigenvalue weighted by Crippen LogP contribution is 2.22. The predicted molar refractivity (Wildman–Crippen MR) is 71.9 cm³/mol. The molecule has 0 bridgehead atoms. The fraction of sp³-hybridized carbons (Fsp3) is 0.917. The number of carbonyl (C=O) groups excluding carboxylic acids is 1. The minimum absolute atomic E-state index is 0.0795. The van der Waals surface area contributed by atoms with Gasteiger partial charge >= 0.3 is 0 Å². The molecule has 1 atom stereocenters. The van der Waals surface area contributed by atoms with Crippen LogP contribution >= 0.6 is 0 Å². The molecule has 18 heavy (non-hydrogen) atoms. The van der Waals surface area contributed by atoms with Gasteiger partial charge in [0.2, 0.25) is 5.91 Å². The third kappa shape index (κ3) is 3.03. The summed E-state index contributed by atoms with van der Waals surface area (Å²) in [6, 6.07) is -0.200. The fourth-order valence-electron chi connectivity index (χ4n) is 2.43. The lowest BCUT2D eigenvalue weighted by atomic mass is 9.91. The summed E-state index contributed by atoms with van der Waals surface area (Å²) in [5, 5.41) is 0. The summed E-state index contributed by atoms with van der Waals surface area (Å²) < 4.78 is 23.0. The first kappa shape index (κ1) is 15.4. The second kappa shape index (κ2) is 5.57. The molecule has 0 aromatic heterocycles. The number of amides is 1. The van der Waals surface area contributed by atoms with E-state index in [0.717, 1.165) is 0 Å². The van der Waals surface area contributed by atoms with Crippen LogP contribution in [-0.2, 0) is 14.6 Å². The molecule has 0 saturated carbocycles. The van der Waals surface area contributed by atoms with Crippen molar-refractivity contribution in [2.45, 2.75) is 51.6 Å². The van der Waals surface area contributed by atoms with Gasteiger partial charge in [-0.15, -0.1) is 0 Å². The predicted octanol–water partition coefficient (Wildman–Crippen LogP) is 0.539. The molecule has 2 N–H and O–H groups in total. The summed E-state index contributed by atoms with van der Waals surface area (Å²) >= 11 is 0. The van der Waals surface area contributed by atoms with Gasteiger partial charge in [0.05, 0.1) is 17.0 Å². The van der Waals surface area contributed by atoms with Gasteiger partial charge < -0.3 is 10.6 Å². The largest absolute Gasteiger partial charge is 0.337 e. The van der Waals surface area contributed by atoms with E-state index < -0.39 is 15.4 Å². The lowest BCUT2D eigenvalue weighted by Gasteiger charge is -2.35. The van der Waals surface area contributed by atoms with E-state index in [4.69, 9.17) is 5.73 Å². The summed E-state index contributed by atoms with van der Waals surface area (Å²) in [6.45, 7) is 6.16. The van der Waals surface area contributed by atoms with Crippen LogP contribution in [0.4, 0.5) is 0 Å². The van der Waals surface area contributed by atoms with Crippen LogP contribution in [0.25, 0.3) is 0 Å². The lowest BCUT2D eigenvalue weighted by Crippen LogP contribution is -2.57. The zero-order valence-corrected chi connectivity index (χ0v) is 12.3. The second-order valence-corrected chi connectivity index (χ2v) is 7.24. The number of sulfone groups is 1. The average Bonchev–Trinajstić information content (AvgIpc) is 2.69. The first-order valence-electron chi connectivity index (χ1n) is 6.60. The maximum absolute atomic E-state index is 12.5. The molecule has 0 aromatic carbocycles. The SMILES string of the molecule is CCN(C(=O)C(N)(CC)CC)C1CCS(=O)(=O)C1. The van der Waals surface area contributed by atoms with Gasteiger partial charge in [-0.05, 0) is 26.2 Å². The number of nitrogens with two attached hydrogens (primary N) is 1. The van der Waals surface area contributed by atoms with Crippen molar-refractivity contribution in [3.63, 3.8) is 0 Å². The van der Waals surface area contributed by atoms with Crippen molar-refractivity contribution in [2.24, 2.45) is 5.73 Å². The number of likely N-dealkylation sites (N-methyl/N-ethyl adjacent to an activating group) is 1. The highest BCUT2D eigenvalue weighted by atomic mass is 32.2. The molecule has 0 spiro atoms. The Morgan fingerprint density at radius 3 is 2.22 bits per heavy atom. The Labute approximate surface area is 110 Å². The Morgan fingerprint density at radius 2 is 1.89 bits per heavy atom. The smallest absolute Gasteiger partial charge is 0.242 e. The Bertz CT molecular complexity index is 402. The van der Waals surface area contributed by atoms with Gasteiger partial charge in [0.1, 0.15) is 0 Å². The van der Waals surface area contributed by atoms with Gasteiger partial charge in [-0.25, -0.2) is 8.42 Å². The van der Waals surface area contributed by atoms with E-state index in [-0.39, 0.29) is 23.5 Å². The number of nitrogens with zero attached hydrogens (tertiary/aromatic N) is 1. The van der Waals surface area contributed by atoms with E-state index in [2.05, 4.69) is 0 Å². The summed E-state index contributed by atoms with van der Waals surface area (Å²) in [4.78, 5) is 14.1. The highest BCUT2D eigenvalue weighted by molar-refractivity contribution is 7.91. The van der Waals surface area contributed by atoms with Crippen LogP contribution in [0.15, 0.2) is 0 Å². The third-order valence-corrected chi connectivity index (χ3v) is 5.69. The highest BCUT2D eigenvalue weighted by Gasteiger charge is 2.40. The van der Waals surface area contributed by atoms with E-state index in [9.17, 15) is 13.2 Å². The van der Waals surface area contributed by atoms with Crippen molar-refractivity contribution in [2.75, 3.05) is 18.1 Å². The third-order valence-electron chi connectivity index (χ3n) is 3.94. The first-order valence-corrected chi connectivity index (χ1v) is 8.42. The standard InChI is InChI=1S/C12H24N2O3S/c1-4-12(13,5-2)11(15)14(6-3)10-7-8-18(16,17)9-10/h10H,4-9,13H2,1-3H3. The van der Waals surface area contributed by atoms with Crippen molar-refractivity contribution >= 4 is 15.7 Å². The topological polar surface area (TPSA) is 80.5 Å². The van der Waals surface area contributed by atoms with E-state index in [0.29, 0.717) is 25.8 Å². The molecule has 1 heterocycles. The molecule has 6 heteroatoms. The van der Waals surface area contributed by atoms with Crippen molar-refractivity contribution in [1.29, 1.82) is 0 Å². The van der Waals surface area contributed by atoms with Crippen LogP contribution < -0.4 is 5.73 Å². The molecule has 5 nitrogen and oxygen atoms in total. The Hall–Kier alpha value is -0.620. The Kier molecular flexibility index (Phi) is 4.78. The number of carbonyl (C=O) groups is 1. The molecule has 0 radical (unpaired) electrons. The molecule has 1 saturated heterocycles. The van der Waals surface area contributed by atoms with Crippen LogP contribution in [-0.4, -0.2) is 48.9 Å². The fourth-order valence-corrected chi connectivity index (χ4v) is 4.16. The van der Waals surface area contributed by atoms with E-state index in [1.807, 2.05) is 20.8 Å². The van der Waals surface area contributed by atoms with Gasteiger partial charge in [-0.1, -0.05) is 13.8 Å². The molecule has 0 aliphatic carbocycles. The zero-order chi connectivity index (χ0) is 14.0. The van der Waals surface area contributed by atoms with Gasteiger partial charge in [0.25, 0.3) is 0 Å². The minimum atomic E-state index is -2.98. The summed E-state index contributed by atoms with van der Waals surface area (Å²) in [5.41, 5.74) is 5.25. The van der Waals surface area contributed by atoms with Gasteiger partial charge in [0, 0.05) is 12.6 Å². The number of hydrogen-bond acceptors (Lipinski definition) is 4. The van der Waals surface area contributed by atoms with Gasteiger partial charge in [-0.2, -0.15) is 0 Å².